The van der Waals surface area contributed by atoms with Gasteiger partial charge < -0.3 is 20.9 Å². The molecule has 2 fully saturated rings. The summed E-state index contributed by atoms with van der Waals surface area (Å²) in [5.74, 6) is -0.463. The Hall–Kier alpha value is -3.45. The molecule has 196 valence electrons. The van der Waals surface area contributed by atoms with Crippen LogP contribution in [0.25, 0.3) is 6.08 Å². The molecule has 3 atom stereocenters. The van der Waals surface area contributed by atoms with Crippen LogP contribution in [0.4, 0.5) is 0 Å². The number of nitrogens with one attached hydrogen (secondary N) is 1. The van der Waals surface area contributed by atoms with E-state index in [4.69, 9.17) is 5.73 Å². The quantitative estimate of drug-likeness (QED) is 0.608. The van der Waals surface area contributed by atoms with Gasteiger partial charge in [0.15, 0.2) is 0 Å². The second kappa shape index (κ2) is 10.9. The van der Waals surface area contributed by atoms with Gasteiger partial charge in [0, 0.05) is 32.6 Å². The zero-order valence-corrected chi connectivity index (χ0v) is 22.0. The number of hydrogen-bond donors (Lipinski definition) is 2. The van der Waals surface area contributed by atoms with Gasteiger partial charge >= 0.3 is 0 Å². The average molecular weight is 503 g/mol. The number of piperidine rings is 1. The van der Waals surface area contributed by atoms with Gasteiger partial charge in [-0.1, -0.05) is 72.8 Å². The SMILES string of the molecule is CN1C[C@@H](c2ccccc2)[C@@]2(CCCN(C(=O)[C@@H](CC=Cc3ccccc3)NC(=O)C(C)(C)N)C2)C1=O. The van der Waals surface area contributed by atoms with Crippen LogP contribution in [-0.4, -0.2) is 65.8 Å². The molecular formula is C30H38N4O3. The van der Waals surface area contributed by atoms with Crippen LogP contribution in [0.1, 0.15) is 50.2 Å². The Balaban J connectivity index is 1.58. The normalized spacial score (nSPS) is 23.0. The number of nitrogens with zero attached hydrogens (tertiary/aromatic N) is 2. The lowest BCUT2D eigenvalue weighted by molar-refractivity contribution is -0.145. The molecule has 0 radical (unpaired) electrons. The van der Waals surface area contributed by atoms with E-state index in [-0.39, 0.29) is 23.6 Å². The van der Waals surface area contributed by atoms with Crippen molar-refractivity contribution in [2.45, 2.75) is 50.6 Å². The van der Waals surface area contributed by atoms with Gasteiger partial charge in [-0.3, -0.25) is 14.4 Å². The number of benzene rings is 2. The standard InChI is InChI=1S/C30H38N4O3/c1-29(2,31)27(36)32-25(17-10-14-22-12-6-4-7-13-22)26(35)34-19-11-18-30(21-34)24(20-33(3)28(30)37)23-15-8-5-9-16-23/h4-10,12-16,24-25H,11,17-21,31H2,1-3H3,(H,32,36)/t24-,25+,30-/m0/s1. The van der Waals surface area contributed by atoms with E-state index in [0.29, 0.717) is 26.1 Å². The number of amides is 3. The molecule has 0 saturated carbocycles. The van der Waals surface area contributed by atoms with Gasteiger partial charge in [0.2, 0.25) is 17.7 Å². The first-order valence-corrected chi connectivity index (χ1v) is 13.0. The third kappa shape index (κ3) is 5.77. The first-order valence-electron chi connectivity index (χ1n) is 13.0. The van der Waals surface area contributed by atoms with Crippen molar-refractivity contribution in [1.82, 2.24) is 15.1 Å². The Kier molecular flexibility index (Phi) is 7.83. The van der Waals surface area contributed by atoms with Crippen molar-refractivity contribution in [3.05, 3.63) is 77.9 Å². The van der Waals surface area contributed by atoms with E-state index in [0.717, 1.165) is 24.0 Å². The first kappa shape index (κ1) is 26.6. The van der Waals surface area contributed by atoms with Gasteiger partial charge in [-0.15, -0.1) is 0 Å². The summed E-state index contributed by atoms with van der Waals surface area (Å²) < 4.78 is 0. The molecular weight excluding hydrogens is 464 g/mol. The molecule has 3 N–H and O–H groups in total. The van der Waals surface area contributed by atoms with E-state index in [1.807, 2.05) is 67.7 Å². The predicted molar refractivity (Wildman–Crippen MR) is 145 cm³/mol. The predicted octanol–water partition coefficient (Wildman–Crippen LogP) is 3.18. The van der Waals surface area contributed by atoms with Gasteiger partial charge in [-0.2, -0.15) is 0 Å². The summed E-state index contributed by atoms with van der Waals surface area (Å²) in [5, 5.41) is 2.88. The fraction of sp³-hybridized carbons (Fsp3) is 0.433. The molecule has 2 aromatic carbocycles. The Bertz CT molecular complexity index is 1140. The molecule has 37 heavy (non-hydrogen) atoms. The first-order chi connectivity index (χ1) is 17.6. The zero-order valence-electron chi connectivity index (χ0n) is 22.0. The molecule has 4 rings (SSSR count). The van der Waals surface area contributed by atoms with E-state index in [1.54, 1.807) is 23.6 Å². The fourth-order valence-electron chi connectivity index (χ4n) is 5.59. The number of carbonyl (C=O) groups excluding carboxylic acids is 3. The number of rotatable bonds is 7. The highest BCUT2D eigenvalue weighted by molar-refractivity contribution is 5.93. The Labute approximate surface area is 219 Å². The van der Waals surface area contributed by atoms with E-state index in [9.17, 15) is 14.4 Å². The summed E-state index contributed by atoms with van der Waals surface area (Å²) in [5.41, 5.74) is 6.39. The van der Waals surface area contributed by atoms with Gasteiger partial charge in [-0.05, 0) is 44.2 Å². The third-order valence-electron chi connectivity index (χ3n) is 7.60. The minimum absolute atomic E-state index is 0.00999. The van der Waals surface area contributed by atoms with Crippen molar-refractivity contribution in [2.75, 3.05) is 26.7 Å². The molecule has 2 heterocycles. The molecule has 7 heteroatoms. The number of hydrogen-bond acceptors (Lipinski definition) is 4. The second-order valence-electron chi connectivity index (χ2n) is 11.0. The third-order valence-corrected chi connectivity index (χ3v) is 7.60. The van der Waals surface area contributed by atoms with Crippen molar-refractivity contribution in [1.29, 1.82) is 0 Å². The van der Waals surface area contributed by atoms with Crippen LogP contribution < -0.4 is 11.1 Å². The fourth-order valence-corrected chi connectivity index (χ4v) is 5.59. The zero-order chi connectivity index (χ0) is 26.6. The minimum Gasteiger partial charge on any atom is -0.345 e. The maximum atomic E-state index is 13.9. The lowest BCUT2D eigenvalue weighted by Crippen LogP contribution is -2.59. The van der Waals surface area contributed by atoms with Crippen LogP contribution in [0, 0.1) is 5.41 Å². The molecule has 2 aliphatic heterocycles. The van der Waals surface area contributed by atoms with Crippen LogP contribution in [0.3, 0.4) is 0 Å². The van der Waals surface area contributed by atoms with E-state index < -0.39 is 17.0 Å². The lowest BCUT2D eigenvalue weighted by Gasteiger charge is -2.43. The molecule has 2 aromatic rings. The van der Waals surface area contributed by atoms with Gasteiger partial charge in [-0.25, -0.2) is 0 Å². The van der Waals surface area contributed by atoms with Gasteiger partial charge in [0.1, 0.15) is 6.04 Å². The van der Waals surface area contributed by atoms with Crippen molar-refractivity contribution in [3.63, 3.8) is 0 Å². The van der Waals surface area contributed by atoms with Crippen LogP contribution in [0.2, 0.25) is 0 Å². The molecule has 1 spiro atoms. The number of nitrogens with two attached hydrogens (primary N) is 1. The highest BCUT2D eigenvalue weighted by atomic mass is 16.2. The summed E-state index contributed by atoms with van der Waals surface area (Å²) in [4.78, 5) is 43.8. The lowest BCUT2D eigenvalue weighted by atomic mass is 9.69. The monoisotopic (exact) mass is 502 g/mol. The minimum atomic E-state index is -1.12. The molecule has 2 aliphatic rings. The molecule has 0 bridgehead atoms. The summed E-state index contributed by atoms with van der Waals surface area (Å²) in [6.45, 7) is 4.77. The molecule has 7 nitrogen and oxygen atoms in total. The van der Waals surface area contributed by atoms with Crippen molar-refractivity contribution >= 4 is 23.8 Å². The summed E-state index contributed by atoms with van der Waals surface area (Å²) in [7, 11) is 1.84. The Morgan fingerprint density at radius 1 is 1.14 bits per heavy atom. The number of carbonyl (C=O) groups is 3. The second-order valence-corrected chi connectivity index (χ2v) is 11.0. The number of likely N-dealkylation sites (tertiary alicyclic amines) is 2. The largest absolute Gasteiger partial charge is 0.345 e. The van der Waals surface area contributed by atoms with Gasteiger partial charge in [0.25, 0.3) is 0 Å². The Morgan fingerprint density at radius 3 is 2.43 bits per heavy atom. The van der Waals surface area contributed by atoms with Gasteiger partial charge in [0.05, 0.1) is 11.0 Å². The topological polar surface area (TPSA) is 95.7 Å². The van der Waals surface area contributed by atoms with Crippen LogP contribution >= 0.6 is 0 Å². The molecule has 0 aromatic heterocycles. The van der Waals surface area contributed by atoms with Crippen LogP contribution in [0.15, 0.2) is 66.7 Å². The molecule has 0 unspecified atom stereocenters. The molecule has 3 amide bonds. The average Bonchev–Trinajstić information content (AvgIpc) is 3.13. The summed E-state index contributed by atoms with van der Waals surface area (Å²) in [6.07, 6.45) is 5.65. The number of likely N-dealkylation sites (N-methyl/N-ethyl adjacent to an activating group) is 1. The highest BCUT2D eigenvalue weighted by Gasteiger charge is 2.55. The molecule has 2 saturated heterocycles. The van der Waals surface area contributed by atoms with Crippen LogP contribution in [-0.2, 0) is 14.4 Å². The maximum Gasteiger partial charge on any atom is 0.245 e. The van der Waals surface area contributed by atoms with E-state index in [1.165, 1.54) is 0 Å². The van der Waals surface area contributed by atoms with Crippen molar-refractivity contribution in [3.8, 4) is 0 Å². The Morgan fingerprint density at radius 2 is 1.78 bits per heavy atom. The summed E-state index contributed by atoms with van der Waals surface area (Å²) in [6, 6.07) is 19.2. The van der Waals surface area contributed by atoms with E-state index in [2.05, 4.69) is 17.4 Å². The maximum absolute atomic E-state index is 13.9. The smallest absolute Gasteiger partial charge is 0.245 e. The highest BCUT2D eigenvalue weighted by Crippen LogP contribution is 2.49. The summed E-state index contributed by atoms with van der Waals surface area (Å²) >= 11 is 0. The van der Waals surface area contributed by atoms with Crippen molar-refractivity contribution < 1.29 is 14.4 Å². The molecule has 0 aliphatic carbocycles. The van der Waals surface area contributed by atoms with E-state index >= 15 is 0 Å². The van der Waals surface area contributed by atoms with Crippen LogP contribution in [0.5, 0.6) is 0 Å². The van der Waals surface area contributed by atoms with Crippen molar-refractivity contribution in [2.24, 2.45) is 11.1 Å².